The summed E-state index contributed by atoms with van der Waals surface area (Å²) in [7, 11) is 1.00. The third-order valence-electron chi connectivity index (χ3n) is 5.73. The first-order valence-corrected chi connectivity index (χ1v) is 11.3. The van der Waals surface area contributed by atoms with E-state index in [0.29, 0.717) is 5.92 Å². The number of nitrogens with one attached hydrogen (secondary N) is 1. The zero-order chi connectivity index (χ0) is 18.8. The van der Waals surface area contributed by atoms with E-state index in [1.54, 1.807) is 6.26 Å². The summed E-state index contributed by atoms with van der Waals surface area (Å²) in [6, 6.07) is 14.7. The van der Waals surface area contributed by atoms with Crippen molar-refractivity contribution in [2.75, 3.05) is 6.26 Å². The number of benzene rings is 1. The fourth-order valence-electron chi connectivity index (χ4n) is 4.24. The molecule has 4 rings (SSSR count). The van der Waals surface area contributed by atoms with Crippen molar-refractivity contribution < 1.29 is 4.21 Å². The van der Waals surface area contributed by atoms with Crippen molar-refractivity contribution in [1.29, 1.82) is 0 Å². The topological polar surface area (TPSA) is 50.7 Å². The monoisotopic (exact) mass is 381 g/mol. The van der Waals surface area contributed by atoms with Crippen molar-refractivity contribution in [3.63, 3.8) is 0 Å². The lowest BCUT2D eigenvalue weighted by Crippen LogP contribution is -2.08. The molecule has 0 radical (unpaired) electrons. The number of H-pyrrole nitrogens is 1. The molecule has 1 aliphatic rings. The molecule has 2 atom stereocenters. The van der Waals surface area contributed by atoms with Crippen LogP contribution in [0.4, 0.5) is 0 Å². The maximum Gasteiger partial charge on any atom is 0.108 e. The molecule has 5 heteroatoms. The summed E-state index contributed by atoms with van der Waals surface area (Å²) in [5.41, 5.74) is 4.58. The summed E-state index contributed by atoms with van der Waals surface area (Å²) in [6.45, 7) is 0. The number of rotatable bonds is 6. The fourth-order valence-corrected chi connectivity index (χ4v) is 4.76. The molecule has 0 saturated heterocycles. The van der Waals surface area contributed by atoms with Gasteiger partial charge in [0.25, 0.3) is 0 Å². The van der Waals surface area contributed by atoms with Crippen molar-refractivity contribution >= 4 is 10.8 Å². The van der Waals surface area contributed by atoms with Crippen LogP contribution in [0.15, 0.2) is 53.6 Å². The van der Waals surface area contributed by atoms with E-state index in [0.717, 1.165) is 28.6 Å². The van der Waals surface area contributed by atoms with E-state index in [1.807, 2.05) is 36.1 Å². The molecule has 0 bridgehead atoms. The van der Waals surface area contributed by atoms with Crippen LogP contribution in [0.1, 0.15) is 49.3 Å². The van der Waals surface area contributed by atoms with Crippen LogP contribution in [0.25, 0.3) is 11.4 Å². The normalized spacial score (nSPS) is 17.3. The van der Waals surface area contributed by atoms with Gasteiger partial charge >= 0.3 is 0 Å². The summed E-state index contributed by atoms with van der Waals surface area (Å²) in [6.07, 6.45) is 10.2. The van der Waals surface area contributed by atoms with E-state index < -0.39 is 10.8 Å². The summed E-state index contributed by atoms with van der Waals surface area (Å²) in [5.74, 6) is 1.13. The summed E-state index contributed by atoms with van der Waals surface area (Å²) in [5, 5.41) is 4.51. The second-order valence-corrected chi connectivity index (χ2v) is 9.04. The van der Waals surface area contributed by atoms with Crippen LogP contribution in [0.2, 0.25) is 0 Å². The lowest BCUT2D eigenvalue weighted by Gasteiger charge is -2.20. The minimum atomic E-state index is -0.936. The molecule has 3 aromatic rings. The number of aryl methyl sites for hydroxylation is 1. The van der Waals surface area contributed by atoms with Crippen molar-refractivity contribution in [1.82, 2.24) is 14.8 Å². The van der Waals surface area contributed by atoms with Gasteiger partial charge in [-0.15, -0.1) is 0 Å². The summed E-state index contributed by atoms with van der Waals surface area (Å²) in [4.78, 5) is 4.50. The maximum atomic E-state index is 11.7. The Morgan fingerprint density at radius 2 is 1.89 bits per heavy atom. The Morgan fingerprint density at radius 3 is 2.52 bits per heavy atom. The van der Waals surface area contributed by atoms with Crippen LogP contribution >= 0.6 is 0 Å². The number of hydrogen-bond acceptors (Lipinski definition) is 2. The number of aromatic amines is 1. The van der Waals surface area contributed by atoms with E-state index in [1.165, 1.54) is 36.9 Å². The van der Waals surface area contributed by atoms with E-state index in [9.17, 15) is 4.21 Å². The van der Waals surface area contributed by atoms with Gasteiger partial charge in [-0.2, -0.15) is 5.10 Å². The van der Waals surface area contributed by atoms with Gasteiger partial charge in [0.15, 0.2) is 0 Å². The highest BCUT2D eigenvalue weighted by atomic mass is 32.2. The largest absolute Gasteiger partial charge is 0.357 e. The molecule has 2 unspecified atom stereocenters. The van der Waals surface area contributed by atoms with Crippen LogP contribution < -0.4 is 0 Å². The Balaban J connectivity index is 1.65. The Bertz CT molecular complexity index is 919. The van der Waals surface area contributed by atoms with Gasteiger partial charge in [0, 0.05) is 46.8 Å². The molecule has 1 aliphatic carbocycles. The molecule has 0 spiro atoms. The predicted molar refractivity (Wildman–Crippen MR) is 110 cm³/mol. The fraction of sp³-hybridized carbons (Fsp3) is 0.409. The standard InChI is InChI=1S/C22H27N3OS/c1-25-14-13-22(24-25)21-12-11-20(23-21)19(15-16-5-3-4-6-16)17-7-9-18(10-8-17)27(2)26/h7-14,16,19,23H,3-6,15H2,1-2H3. The Hall–Kier alpha value is -2.14. The van der Waals surface area contributed by atoms with E-state index in [4.69, 9.17) is 0 Å². The van der Waals surface area contributed by atoms with Gasteiger partial charge in [-0.25, -0.2) is 0 Å². The lowest BCUT2D eigenvalue weighted by atomic mass is 9.86. The molecule has 27 heavy (non-hydrogen) atoms. The first-order valence-electron chi connectivity index (χ1n) is 9.72. The Kier molecular flexibility index (Phi) is 5.30. The van der Waals surface area contributed by atoms with Gasteiger partial charge in [-0.1, -0.05) is 37.8 Å². The van der Waals surface area contributed by atoms with Crippen LogP contribution in [-0.2, 0) is 17.8 Å². The highest BCUT2D eigenvalue weighted by molar-refractivity contribution is 7.84. The molecule has 1 aromatic carbocycles. The molecule has 1 fully saturated rings. The maximum absolute atomic E-state index is 11.7. The molecule has 0 aliphatic heterocycles. The van der Waals surface area contributed by atoms with Gasteiger partial charge in [0.1, 0.15) is 5.69 Å². The number of hydrogen-bond donors (Lipinski definition) is 1. The molecule has 1 saturated carbocycles. The molecule has 2 aromatic heterocycles. The van der Waals surface area contributed by atoms with Gasteiger partial charge in [0.05, 0.1) is 5.69 Å². The van der Waals surface area contributed by atoms with Gasteiger partial charge in [0.2, 0.25) is 0 Å². The molecular formula is C22H27N3OS. The molecule has 4 nitrogen and oxygen atoms in total. The van der Waals surface area contributed by atoms with Crippen LogP contribution in [-0.4, -0.2) is 25.2 Å². The first kappa shape index (κ1) is 18.2. The highest BCUT2D eigenvalue weighted by Gasteiger charge is 2.24. The van der Waals surface area contributed by atoms with E-state index in [2.05, 4.69) is 34.3 Å². The van der Waals surface area contributed by atoms with Crippen molar-refractivity contribution in [3.8, 4) is 11.4 Å². The average Bonchev–Trinajstić information content (AvgIpc) is 3.41. The smallest absolute Gasteiger partial charge is 0.108 e. The molecule has 2 heterocycles. The molecular weight excluding hydrogens is 354 g/mol. The average molecular weight is 382 g/mol. The molecule has 1 N–H and O–H groups in total. The predicted octanol–water partition coefficient (Wildman–Crippen LogP) is 4.86. The molecule has 0 amide bonds. The van der Waals surface area contributed by atoms with Crippen molar-refractivity contribution in [2.24, 2.45) is 13.0 Å². The van der Waals surface area contributed by atoms with Crippen LogP contribution in [0.3, 0.4) is 0 Å². The van der Waals surface area contributed by atoms with Crippen LogP contribution in [0, 0.1) is 5.92 Å². The van der Waals surface area contributed by atoms with E-state index in [-0.39, 0.29) is 0 Å². The van der Waals surface area contributed by atoms with Gasteiger partial charge in [-0.3, -0.25) is 8.89 Å². The van der Waals surface area contributed by atoms with Crippen molar-refractivity contribution in [2.45, 2.75) is 42.9 Å². The van der Waals surface area contributed by atoms with Gasteiger partial charge in [-0.05, 0) is 48.2 Å². The third-order valence-corrected chi connectivity index (χ3v) is 6.67. The Morgan fingerprint density at radius 1 is 1.15 bits per heavy atom. The van der Waals surface area contributed by atoms with Gasteiger partial charge < -0.3 is 4.98 Å². The lowest BCUT2D eigenvalue weighted by molar-refractivity contribution is 0.469. The zero-order valence-electron chi connectivity index (χ0n) is 16.0. The summed E-state index contributed by atoms with van der Waals surface area (Å²) >= 11 is 0. The minimum Gasteiger partial charge on any atom is -0.357 e. The number of aromatic nitrogens is 3. The van der Waals surface area contributed by atoms with Crippen molar-refractivity contribution in [3.05, 3.63) is 59.9 Å². The highest BCUT2D eigenvalue weighted by Crippen LogP contribution is 2.38. The first-order chi connectivity index (χ1) is 13.1. The van der Waals surface area contributed by atoms with E-state index >= 15 is 0 Å². The quantitative estimate of drug-likeness (QED) is 0.662. The Labute approximate surface area is 163 Å². The second-order valence-electron chi connectivity index (χ2n) is 7.66. The number of nitrogens with zero attached hydrogens (tertiary/aromatic N) is 2. The second kappa shape index (κ2) is 7.85. The third kappa shape index (κ3) is 4.08. The zero-order valence-corrected chi connectivity index (χ0v) is 16.8. The molecule has 142 valence electrons. The SMILES string of the molecule is Cn1ccc(-c2ccc(C(CC3CCCC3)c3ccc(S(C)=O)cc3)[nH]2)n1. The minimum absolute atomic E-state index is 0.338. The summed E-state index contributed by atoms with van der Waals surface area (Å²) < 4.78 is 13.6. The van der Waals surface area contributed by atoms with Crippen LogP contribution in [0.5, 0.6) is 0 Å².